The number of H-pyrrole nitrogens is 1. The highest BCUT2D eigenvalue weighted by atomic mass is 16.2. The van der Waals surface area contributed by atoms with Crippen LogP contribution in [0.2, 0.25) is 0 Å². The number of nitrogens with one attached hydrogen (secondary N) is 1. The highest BCUT2D eigenvalue weighted by molar-refractivity contribution is 5.90. The van der Waals surface area contributed by atoms with Crippen molar-refractivity contribution in [3.63, 3.8) is 0 Å². The summed E-state index contributed by atoms with van der Waals surface area (Å²) in [6, 6.07) is 0. The van der Waals surface area contributed by atoms with Crippen molar-refractivity contribution in [3.05, 3.63) is 11.6 Å². The predicted octanol–water partition coefficient (Wildman–Crippen LogP) is 3.22. The number of hydrogen-bond donors (Lipinski definition) is 1. The summed E-state index contributed by atoms with van der Waals surface area (Å²) in [5.74, 6) is 1.99. The zero-order chi connectivity index (χ0) is 15.6. The SMILES string of the molecule is CC(C)c1nc(C(=O)N2CCCC(C(C)(C)C)CC2)n[nH]1. The van der Waals surface area contributed by atoms with Crippen molar-refractivity contribution in [3.8, 4) is 0 Å². The molecule has 1 aromatic rings. The van der Waals surface area contributed by atoms with Gasteiger partial charge in [0.1, 0.15) is 5.82 Å². The Bertz CT molecular complexity index is 487. The van der Waals surface area contributed by atoms with Gasteiger partial charge in [0.05, 0.1) is 0 Å². The number of hydrogen-bond acceptors (Lipinski definition) is 3. The first-order chi connectivity index (χ1) is 9.79. The lowest BCUT2D eigenvalue weighted by Crippen LogP contribution is -2.33. The van der Waals surface area contributed by atoms with Crippen molar-refractivity contribution >= 4 is 5.91 Å². The van der Waals surface area contributed by atoms with Gasteiger partial charge in [0, 0.05) is 19.0 Å². The third-order valence-corrected chi connectivity index (χ3v) is 4.48. The second-order valence-electron chi connectivity index (χ2n) is 7.49. The molecule has 0 saturated carbocycles. The van der Waals surface area contributed by atoms with Crippen LogP contribution in [-0.4, -0.2) is 39.1 Å². The van der Waals surface area contributed by atoms with Gasteiger partial charge in [-0.05, 0) is 30.6 Å². The third kappa shape index (κ3) is 3.83. The van der Waals surface area contributed by atoms with E-state index in [1.54, 1.807) is 0 Å². The van der Waals surface area contributed by atoms with Crippen LogP contribution in [0.3, 0.4) is 0 Å². The van der Waals surface area contributed by atoms with Gasteiger partial charge in [-0.15, -0.1) is 5.10 Å². The monoisotopic (exact) mass is 292 g/mol. The zero-order valence-electron chi connectivity index (χ0n) is 13.9. The maximum atomic E-state index is 12.5. The Morgan fingerprint density at radius 3 is 2.57 bits per heavy atom. The predicted molar refractivity (Wildman–Crippen MR) is 83.2 cm³/mol. The Morgan fingerprint density at radius 1 is 1.29 bits per heavy atom. The summed E-state index contributed by atoms with van der Waals surface area (Å²) in [5, 5.41) is 6.95. The maximum Gasteiger partial charge on any atom is 0.293 e. The molecular formula is C16H28N4O. The van der Waals surface area contributed by atoms with Crippen LogP contribution in [-0.2, 0) is 0 Å². The number of carbonyl (C=O) groups excluding carboxylic acids is 1. The fourth-order valence-electron chi connectivity index (χ4n) is 2.94. The molecule has 2 heterocycles. The number of carbonyl (C=O) groups is 1. The molecule has 2 rings (SSSR count). The van der Waals surface area contributed by atoms with Crippen LogP contribution in [0.5, 0.6) is 0 Å². The van der Waals surface area contributed by atoms with Gasteiger partial charge in [-0.3, -0.25) is 9.89 Å². The molecule has 0 radical (unpaired) electrons. The molecule has 5 heteroatoms. The van der Waals surface area contributed by atoms with Gasteiger partial charge in [-0.25, -0.2) is 4.98 Å². The summed E-state index contributed by atoms with van der Waals surface area (Å²) in [6.45, 7) is 12.6. The highest BCUT2D eigenvalue weighted by Crippen LogP contribution is 2.34. The van der Waals surface area contributed by atoms with E-state index < -0.39 is 0 Å². The molecule has 1 saturated heterocycles. The van der Waals surface area contributed by atoms with Crippen molar-refractivity contribution < 1.29 is 4.79 Å². The smallest absolute Gasteiger partial charge is 0.293 e. The molecule has 0 aromatic carbocycles. The van der Waals surface area contributed by atoms with Crippen LogP contribution in [0.1, 0.15) is 76.2 Å². The molecule has 1 atom stereocenters. The molecular weight excluding hydrogens is 264 g/mol. The summed E-state index contributed by atoms with van der Waals surface area (Å²) in [7, 11) is 0. The molecule has 1 amide bonds. The van der Waals surface area contributed by atoms with E-state index >= 15 is 0 Å². The molecule has 1 unspecified atom stereocenters. The minimum absolute atomic E-state index is 0.0345. The number of rotatable bonds is 2. The van der Waals surface area contributed by atoms with Gasteiger partial charge in [0.25, 0.3) is 5.91 Å². The number of aromatic amines is 1. The van der Waals surface area contributed by atoms with Crippen LogP contribution < -0.4 is 0 Å². The second kappa shape index (κ2) is 6.16. The van der Waals surface area contributed by atoms with Crippen LogP contribution >= 0.6 is 0 Å². The van der Waals surface area contributed by atoms with Gasteiger partial charge < -0.3 is 4.90 Å². The molecule has 0 aliphatic carbocycles. The summed E-state index contributed by atoms with van der Waals surface area (Å²) < 4.78 is 0. The van der Waals surface area contributed by atoms with E-state index in [1.807, 2.05) is 18.7 Å². The molecule has 1 N–H and O–H groups in total. The lowest BCUT2D eigenvalue weighted by Gasteiger charge is -2.29. The normalized spacial score (nSPS) is 20.7. The van der Waals surface area contributed by atoms with Gasteiger partial charge in [0.2, 0.25) is 5.82 Å². The minimum Gasteiger partial charge on any atom is -0.336 e. The highest BCUT2D eigenvalue weighted by Gasteiger charge is 2.29. The molecule has 1 aromatic heterocycles. The fraction of sp³-hybridized carbons (Fsp3) is 0.812. The van der Waals surface area contributed by atoms with E-state index in [0.717, 1.165) is 31.8 Å². The first-order valence-corrected chi connectivity index (χ1v) is 8.00. The van der Waals surface area contributed by atoms with E-state index in [2.05, 4.69) is 36.0 Å². The molecule has 0 bridgehead atoms. The first kappa shape index (κ1) is 16.0. The van der Waals surface area contributed by atoms with Crippen LogP contribution in [0.15, 0.2) is 0 Å². The third-order valence-electron chi connectivity index (χ3n) is 4.48. The Balaban J connectivity index is 2.03. The Morgan fingerprint density at radius 2 is 2.00 bits per heavy atom. The van der Waals surface area contributed by atoms with E-state index in [0.29, 0.717) is 17.2 Å². The summed E-state index contributed by atoms with van der Waals surface area (Å²) in [4.78, 5) is 18.8. The first-order valence-electron chi connectivity index (χ1n) is 8.00. The molecule has 118 valence electrons. The van der Waals surface area contributed by atoms with Gasteiger partial charge >= 0.3 is 0 Å². The van der Waals surface area contributed by atoms with Gasteiger partial charge in [0.15, 0.2) is 0 Å². The minimum atomic E-state index is -0.0345. The maximum absolute atomic E-state index is 12.5. The van der Waals surface area contributed by atoms with Gasteiger partial charge in [-0.2, -0.15) is 0 Å². The molecule has 1 aliphatic heterocycles. The number of amides is 1. The van der Waals surface area contributed by atoms with Crippen LogP contribution in [0, 0.1) is 11.3 Å². The number of aromatic nitrogens is 3. The van der Waals surface area contributed by atoms with Crippen molar-refractivity contribution in [2.24, 2.45) is 11.3 Å². The fourth-order valence-corrected chi connectivity index (χ4v) is 2.94. The summed E-state index contributed by atoms with van der Waals surface area (Å²) in [5.41, 5.74) is 0.314. The summed E-state index contributed by atoms with van der Waals surface area (Å²) >= 11 is 0. The average molecular weight is 292 g/mol. The largest absolute Gasteiger partial charge is 0.336 e. The lowest BCUT2D eigenvalue weighted by atomic mass is 9.77. The lowest BCUT2D eigenvalue weighted by molar-refractivity contribution is 0.0743. The van der Waals surface area contributed by atoms with Crippen molar-refractivity contribution in [2.45, 2.75) is 59.8 Å². The Labute approximate surface area is 127 Å². The molecule has 0 spiro atoms. The molecule has 1 fully saturated rings. The molecule has 21 heavy (non-hydrogen) atoms. The topological polar surface area (TPSA) is 61.9 Å². The Kier molecular flexibility index (Phi) is 4.69. The van der Waals surface area contributed by atoms with E-state index in [-0.39, 0.29) is 11.8 Å². The summed E-state index contributed by atoms with van der Waals surface area (Å²) in [6.07, 6.45) is 3.32. The van der Waals surface area contributed by atoms with E-state index in [4.69, 9.17) is 0 Å². The number of likely N-dealkylation sites (tertiary alicyclic amines) is 1. The van der Waals surface area contributed by atoms with E-state index in [9.17, 15) is 4.79 Å². The average Bonchev–Trinajstić information content (AvgIpc) is 2.74. The molecule has 5 nitrogen and oxygen atoms in total. The zero-order valence-corrected chi connectivity index (χ0v) is 13.9. The van der Waals surface area contributed by atoms with Crippen LogP contribution in [0.4, 0.5) is 0 Å². The second-order valence-corrected chi connectivity index (χ2v) is 7.49. The van der Waals surface area contributed by atoms with Crippen molar-refractivity contribution in [1.82, 2.24) is 20.1 Å². The van der Waals surface area contributed by atoms with Crippen molar-refractivity contribution in [1.29, 1.82) is 0 Å². The standard InChI is InChI=1S/C16H28N4O/c1-11(2)13-17-14(19-18-13)15(21)20-9-6-7-12(8-10-20)16(3,4)5/h11-12H,6-10H2,1-5H3,(H,17,18,19). The van der Waals surface area contributed by atoms with Crippen LogP contribution in [0.25, 0.3) is 0 Å². The molecule has 1 aliphatic rings. The number of nitrogens with zero attached hydrogens (tertiary/aromatic N) is 3. The van der Waals surface area contributed by atoms with E-state index in [1.165, 1.54) is 6.42 Å². The van der Waals surface area contributed by atoms with Gasteiger partial charge in [-0.1, -0.05) is 34.6 Å². The quantitative estimate of drug-likeness (QED) is 0.910. The Hall–Kier alpha value is -1.39. The van der Waals surface area contributed by atoms with Crippen molar-refractivity contribution in [2.75, 3.05) is 13.1 Å².